The van der Waals surface area contributed by atoms with Gasteiger partial charge < -0.3 is 5.43 Å². The van der Waals surface area contributed by atoms with Crippen LogP contribution in [-0.2, 0) is 10.7 Å². The summed E-state index contributed by atoms with van der Waals surface area (Å²) in [6.07, 6.45) is 0. The van der Waals surface area contributed by atoms with E-state index in [0.29, 0.717) is 0 Å². The summed E-state index contributed by atoms with van der Waals surface area (Å²) in [5.74, 6) is 5.03. The topological polar surface area (TPSA) is 115 Å². The summed E-state index contributed by atoms with van der Waals surface area (Å²) >= 11 is 0. The van der Waals surface area contributed by atoms with Crippen LogP contribution in [0.3, 0.4) is 0 Å². The van der Waals surface area contributed by atoms with E-state index in [1.165, 1.54) is 6.07 Å². The summed E-state index contributed by atoms with van der Waals surface area (Å²) in [4.78, 5) is 9.46. The summed E-state index contributed by atoms with van der Waals surface area (Å²) in [6, 6.07) is 3.34. The molecule has 1 aromatic rings. The van der Waals surface area contributed by atoms with Gasteiger partial charge in [-0.2, -0.15) is 0 Å². The molecule has 0 amide bonds. The van der Waals surface area contributed by atoms with Crippen LogP contribution in [0.1, 0.15) is 0 Å². The molecule has 76 valence electrons. The Morgan fingerprint density at radius 1 is 1.43 bits per heavy atom. The summed E-state index contributed by atoms with van der Waals surface area (Å²) < 4.78 is 21.3. The molecule has 0 bridgehead atoms. The lowest BCUT2D eigenvalue weighted by Crippen LogP contribution is -2.08. The number of nitrogens with zero attached hydrogens (tertiary/aromatic N) is 1. The zero-order valence-corrected chi connectivity index (χ0v) is 7.73. The van der Waals surface area contributed by atoms with Crippen molar-refractivity contribution in [1.29, 1.82) is 0 Å². The van der Waals surface area contributed by atoms with Crippen molar-refractivity contribution >= 4 is 22.1 Å². The number of nitro benzene ring substituents is 1. The van der Waals surface area contributed by atoms with Crippen molar-refractivity contribution in [3.05, 3.63) is 28.3 Å². The predicted octanol–water partition coefficient (Wildman–Crippen LogP) is -0.149. The molecular formula is C6H7N3O4S. The minimum atomic E-state index is -2.91. The number of nitrogen functional groups attached to an aromatic ring is 1. The minimum absolute atomic E-state index is 0.131. The van der Waals surface area contributed by atoms with Crippen molar-refractivity contribution in [2.75, 3.05) is 5.43 Å². The summed E-state index contributed by atoms with van der Waals surface area (Å²) in [5.41, 5.74) is 1.97. The van der Waals surface area contributed by atoms with Crippen molar-refractivity contribution in [3.63, 3.8) is 0 Å². The molecule has 0 atom stereocenters. The van der Waals surface area contributed by atoms with Crippen LogP contribution in [0.15, 0.2) is 23.1 Å². The zero-order valence-electron chi connectivity index (χ0n) is 6.84. The smallest absolute Gasteiger partial charge is 0.270 e. The average Bonchev–Trinajstić information content (AvgIpc) is 2.16. The molecule has 0 fully saturated rings. The Labute approximate surface area is 80.6 Å². The van der Waals surface area contributed by atoms with Gasteiger partial charge in [-0.25, -0.2) is 8.42 Å². The fourth-order valence-corrected chi connectivity index (χ4v) is 1.48. The summed E-state index contributed by atoms with van der Waals surface area (Å²) in [5, 5.41) is 10.3. The average molecular weight is 217 g/mol. The monoisotopic (exact) mass is 217 g/mol. The maximum atomic E-state index is 10.7. The first kappa shape index (κ1) is 10.4. The van der Waals surface area contributed by atoms with Gasteiger partial charge in [-0.1, -0.05) is 0 Å². The Morgan fingerprint density at radius 3 is 2.50 bits per heavy atom. The number of benzene rings is 1. The fourth-order valence-electron chi connectivity index (χ4n) is 0.907. The van der Waals surface area contributed by atoms with Gasteiger partial charge >= 0.3 is 0 Å². The van der Waals surface area contributed by atoms with Crippen molar-refractivity contribution in [2.45, 2.75) is 4.90 Å². The lowest BCUT2D eigenvalue weighted by molar-refractivity contribution is -0.385. The molecule has 0 aliphatic heterocycles. The number of thiol groups is 1. The zero-order chi connectivity index (χ0) is 10.7. The van der Waals surface area contributed by atoms with Crippen molar-refractivity contribution in [1.82, 2.24) is 0 Å². The van der Waals surface area contributed by atoms with E-state index >= 15 is 0 Å². The maximum absolute atomic E-state index is 10.7. The third-order valence-electron chi connectivity index (χ3n) is 1.54. The van der Waals surface area contributed by atoms with E-state index in [4.69, 9.17) is 5.84 Å². The Balaban J connectivity index is 3.35. The highest BCUT2D eigenvalue weighted by atomic mass is 32.2. The molecule has 0 heterocycles. The number of nitrogens with one attached hydrogen (secondary N) is 1. The molecule has 0 saturated carbocycles. The molecule has 0 radical (unpaired) electrons. The quantitative estimate of drug-likeness (QED) is 0.280. The van der Waals surface area contributed by atoms with Crippen LogP contribution in [0.5, 0.6) is 0 Å². The minimum Gasteiger partial charge on any atom is -0.323 e. The largest absolute Gasteiger partial charge is 0.323 e. The number of hydrogen-bond acceptors (Lipinski definition) is 6. The van der Waals surface area contributed by atoms with E-state index in [1.54, 1.807) is 0 Å². The molecule has 0 aliphatic carbocycles. The second kappa shape index (κ2) is 4.03. The highest BCUT2D eigenvalue weighted by Gasteiger charge is 2.11. The molecule has 1 aromatic carbocycles. The van der Waals surface area contributed by atoms with Gasteiger partial charge in [0.05, 0.1) is 15.5 Å². The number of hydrazine groups is 1. The van der Waals surface area contributed by atoms with Crippen LogP contribution in [0.4, 0.5) is 11.4 Å². The fraction of sp³-hybridized carbons (Fsp3) is 0. The molecule has 0 saturated heterocycles. The third-order valence-corrected chi connectivity index (χ3v) is 2.31. The Bertz CT molecular complexity index is 435. The highest BCUT2D eigenvalue weighted by molar-refractivity contribution is 7.72. The van der Waals surface area contributed by atoms with Gasteiger partial charge in [-0.05, 0) is 6.07 Å². The van der Waals surface area contributed by atoms with Gasteiger partial charge in [-0.3, -0.25) is 16.0 Å². The number of hydrogen-bond donors (Lipinski definition) is 3. The van der Waals surface area contributed by atoms with Crippen LogP contribution >= 0.6 is 0 Å². The van der Waals surface area contributed by atoms with Crippen molar-refractivity contribution < 1.29 is 13.3 Å². The molecule has 14 heavy (non-hydrogen) atoms. The molecule has 0 aliphatic rings. The first-order valence-electron chi connectivity index (χ1n) is 3.45. The van der Waals surface area contributed by atoms with E-state index in [9.17, 15) is 18.5 Å². The molecule has 0 aromatic heterocycles. The van der Waals surface area contributed by atoms with Gasteiger partial charge in [0.25, 0.3) is 5.69 Å². The molecule has 0 spiro atoms. The maximum Gasteiger partial charge on any atom is 0.270 e. The van der Waals surface area contributed by atoms with Gasteiger partial charge in [0, 0.05) is 12.1 Å². The second-order valence-corrected chi connectivity index (χ2v) is 3.36. The van der Waals surface area contributed by atoms with Crippen LogP contribution in [0.2, 0.25) is 0 Å². The third kappa shape index (κ3) is 1.98. The summed E-state index contributed by atoms with van der Waals surface area (Å²) in [7, 11) is -2.91. The van der Waals surface area contributed by atoms with E-state index in [0.717, 1.165) is 12.1 Å². The van der Waals surface area contributed by atoms with Gasteiger partial charge in [0.2, 0.25) is 0 Å². The van der Waals surface area contributed by atoms with Crippen LogP contribution in [0.25, 0.3) is 0 Å². The van der Waals surface area contributed by atoms with E-state index < -0.39 is 15.6 Å². The lowest BCUT2D eigenvalue weighted by atomic mass is 10.3. The number of rotatable bonds is 3. The highest BCUT2D eigenvalue weighted by Crippen LogP contribution is 2.22. The van der Waals surface area contributed by atoms with E-state index in [1.807, 2.05) is 0 Å². The number of nitro groups is 1. The van der Waals surface area contributed by atoms with Crippen LogP contribution in [0, 0.1) is 10.1 Å². The molecule has 0 unspecified atom stereocenters. The number of nitrogens with two attached hydrogens (primary N) is 1. The number of non-ortho nitro benzene ring substituents is 1. The van der Waals surface area contributed by atoms with Crippen LogP contribution in [-0.4, -0.2) is 13.3 Å². The van der Waals surface area contributed by atoms with Gasteiger partial charge in [0.1, 0.15) is 0 Å². The standard InChI is InChI=1S/C6H7N3O4S/c7-8-5-2-1-4(9(10)11)3-6(5)14(12)13/h1-3,8,14H,7H2. The number of anilines is 1. The Hall–Kier alpha value is -1.67. The molecule has 8 heteroatoms. The molecule has 7 nitrogen and oxygen atoms in total. The first-order chi connectivity index (χ1) is 6.56. The van der Waals surface area contributed by atoms with Crippen molar-refractivity contribution in [3.8, 4) is 0 Å². The molecule has 1 rings (SSSR count). The van der Waals surface area contributed by atoms with E-state index in [-0.39, 0.29) is 16.3 Å². The normalized spacial score (nSPS) is 10.1. The first-order valence-corrected chi connectivity index (χ1v) is 4.63. The van der Waals surface area contributed by atoms with Crippen molar-refractivity contribution in [2.24, 2.45) is 5.84 Å². The molecule has 3 N–H and O–H groups in total. The lowest BCUT2D eigenvalue weighted by Gasteiger charge is -2.02. The SMILES string of the molecule is NNc1ccc([N+](=O)[O-])cc1[SH](=O)=O. The Morgan fingerprint density at radius 2 is 2.07 bits per heavy atom. The van der Waals surface area contributed by atoms with Gasteiger partial charge in [-0.15, -0.1) is 0 Å². The molecular weight excluding hydrogens is 210 g/mol. The van der Waals surface area contributed by atoms with E-state index in [2.05, 4.69) is 5.43 Å². The summed E-state index contributed by atoms with van der Waals surface area (Å²) in [6.45, 7) is 0. The van der Waals surface area contributed by atoms with Gasteiger partial charge in [0.15, 0.2) is 10.7 Å². The Kier molecular flexibility index (Phi) is 2.99. The van der Waals surface area contributed by atoms with Crippen LogP contribution < -0.4 is 11.3 Å². The predicted molar refractivity (Wildman–Crippen MR) is 49.5 cm³/mol. The second-order valence-electron chi connectivity index (χ2n) is 2.36.